The minimum Gasteiger partial charge on any atom is -0.482 e. The van der Waals surface area contributed by atoms with Crippen LogP contribution in [0, 0.1) is 0 Å². The summed E-state index contributed by atoms with van der Waals surface area (Å²) in [5, 5.41) is 0. The van der Waals surface area contributed by atoms with Crippen LogP contribution < -0.4 is 4.74 Å². The molecule has 6 nitrogen and oxygen atoms in total. The molecular formula is C26H28F3O6S2+. The molecule has 0 aliphatic heterocycles. The van der Waals surface area contributed by atoms with Gasteiger partial charge in [0.25, 0.3) is 10.1 Å². The van der Waals surface area contributed by atoms with Crippen LogP contribution in [0.15, 0.2) is 99.6 Å². The summed E-state index contributed by atoms with van der Waals surface area (Å²) in [6, 6.07) is 28.8. The maximum atomic E-state index is 11.9. The van der Waals surface area contributed by atoms with Crippen molar-refractivity contribution in [3.05, 3.63) is 84.9 Å². The summed E-state index contributed by atoms with van der Waals surface area (Å²) in [6.07, 6.45) is -4.85. The zero-order valence-corrected chi connectivity index (χ0v) is 22.1. The van der Waals surface area contributed by atoms with E-state index >= 15 is 0 Å². The van der Waals surface area contributed by atoms with Gasteiger partial charge in [0.1, 0.15) is 11.4 Å². The van der Waals surface area contributed by atoms with Crippen LogP contribution in [-0.4, -0.2) is 43.1 Å². The standard InChI is InChI=1S/C24H25O3S.C2H3F3O3S/c1-24(2,3)27-23(25)18-26-19-11-10-16-22(17-19)28(20-12-6-4-7-13-20)21-14-8-5-9-15-21;3-2(4,5)1-9(6,7)8/h4-17H,18H2,1-3H3;1H2,(H,6,7,8)/q+1;. The van der Waals surface area contributed by atoms with Crippen molar-refractivity contribution in [2.24, 2.45) is 0 Å². The highest BCUT2D eigenvalue weighted by Gasteiger charge is 2.34. The monoisotopic (exact) mass is 557 g/mol. The first-order valence-electron chi connectivity index (χ1n) is 10.9. The molecule has 1 N–H and O–H groups in total. The second kappa shape index (κ2) is 13.0. The minimum absolute atomic E-state index is 0.106. The van der Waals surface area contributed by atoms with Crippen LogP contribution in [0.1, 0.15) is 20.8 Å². The van der Waals surface area contributed by atoms with Crippen LogP contribution in [0.25, 0.3) is 0 Å². The Bertz CT molecular complexity index is 1200. The Morgan fingerprint density at radius 3 is 1.73 bits per heavy atom. The van der Waals surface area contributed by atoms with Crippen molar-refractivity contribution in [2.75, 3.05) is 12.4 Å². The van der Waals surface area contributed by atoms with Gasteiger partial charge in [-0.05, 0) is 57.2 Å². The molecule has 0 spiro atoms. The average molecular weight is 558 g/mol. The van der Waals surface area contributed by atoms with E-state index in [1.54, 1.807) is 0 Å². The van der Waals surface area contributed by atoms with Crippen molar-refractivity contribution in [3.8, 4) is 5.75 Å². The quantitative estimate of drug-likeness (QED) is 0.220. The largest absolute Gasteiger partial charge is 0.482 e. The van der Waals surface area contributed by atoms with Crippen LogP contribution in [0.3, 0.4) is 0 Å². The molecule has 37 heavy (non-hydrogen) atoms. The molecular weight excluding hydrogens is 529 g/mol. The Balaban J connectivity index is 0.000000458. The van der Waals surface area contributed by atoms with E-state index in [2.05, 4.69) is 54.6 Å². The van der Waals surface area contributed by atoms with Crippen LogP contribution in [0.2, 0.25) is 0 Å². The first-order chi connectivity index (χ1) is 17.1. The van der Waals surface area contributed by atoms with Crippen molar-refractivity contribution in [1.82, 2.24) is 0 Å². The number of benzene rings is 3. The fourth-order valence-electron chi connectivity index (χ4n) is 2.93. The van der Waals surface area contributed by atoms with Crippen LogP contribution in [-0.2, 0) is 30.5 Å². The van der Waals surface area contributed by atoms with Crippen LogP contribution in [0.4, 0.5) is 13.2 Å². The highest BCUT2D eigenvalue weighted by atomic mass is 32.2. The lowest BCUT2D eigenvalue weighted by Crippen LogP contribution is -2.27. The lowest BCUT2D eigenvalue weighted by molar-refractivity contribution is -0.157. The van der Waals surface area contributed by atoms with Crippen LogP contribution >= 0.6 is 0 Å². The first-order valence-corrected chi connectivity index (χ1v) is 13.8. The molecule has 200 valence electrons. The van der Waals surface area contributed by atoms with Gasteiger partial charge in [0.2, 0.25) is 0 Å². The van der Waals surface area contributed by atoms with Gasteiger partial charge < -0.3 is 9.47 Å². The van der Waals surface area contributed by atoms with E-state index in [-0.39, 0.29) is 23.5 Å². The highest BCUT2D eigenvalue weighted by molar-refractivity contribution is 7.97. The van der Waals surface area contributed by atoms with Crippen molar-refractivity contribution in [2.45, 2.75) is 47.2 Å². The maximum Gasteiger partial charge on any atom is 0.405 e. The van der Waals surface area contributed by atoms with E-state index < -0.39 is 27.6 Å². The number of alkyl halides is 3. The Labute approximate surface area is 217 Å². The summed E-state index contributed by atoms with van der Waals surface area (Å²) in [6.45, 7) is 5.43. The van der Waals surface area contributed by atoms with Crippen molar-refractivity contribution < 1.29 is 40.4 Å². The van der Waals surface area contributed by atoms with Gasteiger partial charge in [0.05, 0.1) is 10.9 Å². The van der Waals surface area contributed by atoms with E-state index in [9.17, 15) is 26.4 Å². The summed E-state index contributed by atoms with van der Waals surface area (Å²) in [4.78, 5) is 15.6. The molecule has 0 unspecified atom stereocenters. The molecule has 0 heterocycles. The number of hydrogen-bond acceptors (Lipinski definition) is 5. The van der Waals surface area contributed by atoms with E-state index in [0.717, 1.165) is 4.90 Å². The zero-order chi connectivity index (χ0) is 27.7. The van der Waals surface area contributed by atoms with E-state index in [1.165, 1.54) is 9.79 Å². The molecule has 0 aliphatic carbocycles. The molecule has 0 aliphatic rings. The first kappa shape index (κ1) is 30.2. The van der Waals surface area contributed by atoms with Gasteiger partial charge >= 0.3 is 12.1 Å². The predicted molar refractivity (Wildman–Crippen MR) is 135 cm³/mol. The minimum atomic E-state index is -4.91. The maximum absolute atomic E-state index is 11.9. The molecule has 0 saturated heterocycles. The van der Waals surface area contributed by atoms with Gasteiger partial charge in [-0.2, -0.15) is 21.6 Å². The fourth-order valence-corrected chi connectivity index (χ4v) is 5.47. The van der Waals surface area contributed by atoms with Crippen molar-refractivity contribution in [3.63, 3.8) is 0 Å². The van der Waals surface area contributed by atoms with Gasteiger partial charge in [-0.1, -0.05) is 42.5 Å². The number of hydrogen-bond donors (Lipinski definition) is 1. The van der Waals surface area contributed by atoms with E-state index in [0.29, 0.717) is 5.75 Å². The molecule has 3 rings (SSSR count). The van der Waals surface area contributed by atoms with Gasteiger partial charge in [-0.15, -0.1) is 0 Å². The molecule has 0 aromatic heterocycles. The summed E-state index contributed by atoms with van der Waals surface area (Å²) in [5.74, 6) is -1.89. The summed E-state index contributed by atoms with van der Waals surface area (Å²) in [5.41, 5.74) is -0.518. The Morgan fingerprint density at radius 2 is 1.32 bits per heavy atom. The topological polar surface area (TPSA) is 89.9 Å². The lowest BCUT2D eigenvalue weighted by Gasteiger charge is -2.19. The SMILES string of the molecule is CC(C)(C)OC(=O)COc1cccc([S+](c2ccccc2)c2ccccc2)c1.O=S(=O)(O)CC(F)(F)F. The number of ether oxygens (including phenoxy) is 2. The second-order valence-electron chi connectivity index (χ2n) is 8.62. The number of rotatable bonds is 7. The molecule has 11 heteroatoms. The normalized spacial score (nSPS) is 11.9. The lowest BCUT2D eigenvalue weighted by atomic mass is 10.2. The Morgan fingerprint density at radius 1 is 0.838 bits per heavy atom. The second-order valence-corrected chi connectivity index (χ2v) is 12.1. The molecule has 0 saturated carbocycles. The third-order valence-corrected chi connectivity index (χ3v) is 7.03. The van der Waals surface area contributed by atoms with Gasteiger partial charge in [0, 0.05) is 6.07 Å². The van der Waals surface area contributed by atoms with E-state index in [4.69, 9.17) is 14.0 Å². The van der Waals surface area contributed by atoms with Gasteiger partial charge in [-0.3, -0.25) is 4.55 Å². The highest BCUT2D eigenvalue weighted by Crippen LogP contribution is 2.32. The number of carbonyl (C=O) groups is 1. The van der Waals surface area contributed by atoms with E-state index in [1.807, 2.05) is 51.1 Å². The summed E-state index contributed by atoms with van der Waals surface area (Å²) < 4.78 is 70.6. The predicted octanol–water partition coefficient (Wildman–Crippen LogP) is 5.94. The fraction of sp³-hybridized carbons (Fsp3) is 0.269. The Kier molecular flexibility index (Phi) is 10.6. The molecule has 0 atom stereocenters. The summed E-state index contributed by atoms with van der Waals surface area (Å²) in [7, 11) is -5.16. The molecule has 0 bridgehead atoms. The number of carbonyl (C=O) groups excluding carboxylic acids is 1. The number of halogens is 3. The molecule has 0 fully saturated rings. The Hall–Kier alpha value is -3.02. The summed E-state index contributed by atoms with van der Waals surface area (Å²) >= 11 is 0. The zero-order valence-electron chi connectivity index (χ0n) is 20.4. The van der Waals surface area contributed by atoms with Gasteiger partial charge in [0.15, 0.2) is 27.0 Å². The van der Waals surface area contributed by atoms with Crippen molar-refractivity contribution >= 4 is 27.0 Å². The molecule has 3 aromatic carbocycles. The van der Waals surface area contributed by atoms with Gasteiger partial charge in [-0.25, -0.2) is 4.79 Å². The smallest absolute Gasteiger partial charge is 0.405 e. The average Bonchev–Trinajstić information content (AvgIpc) is 2.77. The molecule has 0 amide bonds. The van der Waals surface area contributed by atoms with Crippen LogP contribution in [0.5, 0.6) is 5.75 Å². The van der Waals surface area contributed by atoms with Crippen molar-refractivity contribution in [1.29, 1.82) is 0 Å². The molecule has 0 radical (unpaired) electrons. The molecule has 3 aromatic rings. The third kappa shape index (κ3) is 12.2. The third-order valence-electron chi connectivity index (χ3n) is 4.12. The number of esters is 1.